The first-order valence-corrected chi connectivity index (χ1v) is 10.4. The van der Waals surface area contributed by atoms with Crippen LogP contribution in [-0.2, 0) is 4.57 Å². The highest BCUT2D eigenvalue weighted by Gasteiger charge is 2.19. The molecular weight excluding hydrogens is 387 g/mol. The number of nitrogens with zero attached hydrogens (tertiary/aromatic N) is 2. The molecule has 0 aromatic heterocycles. The Balaban J connectivity index is 1.79. The van der Waals surface area contributed by atoms with E-state index in [1.807, 2.05) is 72.8 Å². The SMILES string of the molecule is O=P(O)(O)Oc1ccc(/N=N/c2ccccc2)cc1-c1ccc2ccccc2c1. The van der Waals surface area contributed by atoms with Gasteiger partial charge in [-0.1, -0.05) is 54.6 Å². The highest BCUT2D eigenvalue weighted by molar-refractivity contribution is 7.46. The molecule has 0 aliphatic rings. The first-order chi connectivity index (χ1) is 14.0. The summed E-state index contributed by atoms with van der Waals surface area (Å²) in [5, 5.41) is 10.5. The summed E-state index contributed by atoms with van der Waals surface area (Å²) in [4.78, 5) is 18.6. The summed E-state index contributed by atoms with van der Waals surface area (Å²) in [6.45, 7) is 0. The van der Waals surface area contributed by atoms with Gasteiger partial charge < -0.3 is 4.52 Å². The van der Waals surface area contributed by atoms with E-state index < -0.39 is 7.82 Å². The third-order valence-electron chi connectivity index (χ3n) is 4.28. The van der Waals surface area contributed by atoms with Gasteiger partial charge in [0.25, 0.3) is 0 Å². The van der Waals surface area contributed by atoms with Crippen LogP contribution in [-0.4, -0.2) is 9.79 Å². The Kier molecular flexibility index (Phi) is 5.23. The van der Waals surface area contributed by atoms with E-state index in [9.17, 15) is 14.4 Å². The predicted octanol–water partition coefficient (Wildman–Crippen LogP) is 6.39. The Bertz CT molecular complexity index is 1240. The Morgan fingerprint density at radius 3 is 2.14 bits per heavy atom. The normalized spacial score (nSPS) is 11.8. The standard InChI is InChI=1S/C22H17N2O4P/c25-29(26,27)28-22-13-12-20(24-23-19-8-2-1-3-9-19)15-21(22)18-11-10-16-6-4-5-7-17(16)14-18/h1-15H,(H2,25,26,27)/b24-23+. The van der Waals surface area contributed by atoms with Gasteiger partial charge in [0.1, 0.15) is 5.75 Å². The van der Waals surface area contributed by atoms with E-state index in [2.05, 4.69) is 10.2 Å². The zero-order chi connectivity index (χ0) is 20.3. The van der Waals surface area contributed by atoms with Crippen molar-refractivity contribution >= 4 is 30.0 Å². The van der Waals surface area contributed by atoms with E-state index in [0.717, 1.165) is 16.3 Å². The van der Waals surface area contributed by atoms with Crippen LogP contribution in [0.1, 0.15) is 0 Å². The van der Waals surface area contributed by atoms with Gasteiger partial charge in [-0.25, -0.2) is 4.57 Å². The molecule has 0 saturated carbocycles. The van der Waals surface area contributed by atoms with Crippen LogP contribution in [0.2, 0.25) is 0 Å². The molecule has 0 unspecified atom stereocenters. The van der Waals surface area contributed by atoms with E-state index in [0.29, 0.717) is 16.9 Å². The maximum absolute atomic E-state index is 11.4. The van der Waals surface area contributed by atoms with E-state index in [4.69, 9.17) is 4.52 Å². The number of hydrogen-bond donors (Lipinski definition) is 2. The average molecular weight is 404 g/mol. The topological polar surface area (TPSA) is 91.5 Å². The number of fused-ring (bicyclic) bond motifs is 1. The van der Waals surface area contributed by atoms with Gasteiger partial charge in [-0.3, -0.25) is 9.79 Å². The van der Waals surface area contributed by atoms with E-state index in [1.165, 1.54) is 6.07 Å². The monoisotopic (exact) mass is 404 g/mol. The van der Waals surface area contributed by atoms with Gasteiger partial charge in [0.05, 0.1) is 11.4 Å². The Morgan fingerprint density at radius 2 is 1.38 bits per heavy atom. The molecule has 0 saturated heterocycles. The minimum Gasteiger partial charge on any atom is -0.404 e. The van der Waals surface area contributed by atoms with Crippen LogP contribution in [0.25, 0.3) is 21.9 Å². The second-order valence-corrected chi connectivity index (χ2v) is 7.52. The lowest BCUT2D eigenvalue weighted by Crippen LogP contribution is -1.93. The largest absolute Gasteiger partial charge is 0.524 e. The summed E-state index contributed by atoms with van der Waals surface area (Å²) < 4.78 is 16.3. The summed E-state index contributed by atoms with van der Waals surface area (Å²) in [6.07, 6.45) is 0. The average Bonchev–Trinajstić information content (AvgIpc) is 2.72. The highest BCUT2D eigenvalue weighted by atomic mass is 31.2. The molecule has 0 fully saturated rings. The number of phosphoric ester groups is 1. The van der Waals surface area contributed by atoms with Crippen molar-refractivity contribution in [3.63, 3.8) is 0 Å². The maximum Gasteiger partial charge on any atom is 0.524 e. The van der Waals surface area contributed by atoms with Crippen molar-refractivity contribution in [3.05, 3.63) is 91.0 Å². The molecule has 144 valence electrons. The molecule has 4 aromatic carbocycles. The number of azo groups is 1. The molecule has 29 heavy (non-hydrogen) atoms. The zero-order valence-electron chi connectivity index (χ0n) is 15.2. The van der Waals surface area contributed by atoms with Crippen molar-refractivity contribution in [2.45, 2.75) is 0 Å². The van der Waals surface area contributed by atoms with Crippen molar-refractivity contribution in [2.75, 3.05) is 0 Å². The van der Waals surface area contributed by atoms with Gasteiger partial charge in [0.15, 0.2) is 0 Å². The fourth-order valence-corrected chi connectivity index (χ4v) is 3.40. The maximum atomic E-state index is 11.4. The van der Waals surface area contributed by atoms with E-state index in [-0.39, 0.29) is 5.75 Å². The molecule has 4 aromatic rings. The minimum atomic E-state index is -4.72. The summed E-state index contributed by atoms with van der Waals surface area (Å²) in [5.74, 6) is 0.0762. The fourth-order valence-electron chi connectivity index (χ4n) is 2.98. The molecule has 0 heterocycles. The minimum absolute atomic E-state index is 0.0762. The van der Waals surface area contributed by atoms with Crippen molar-refractivity contribution in [1.29, 1.82) is 0 Å². The third-order valence-corrected chi connectivity index (χ3v) is 4.71. The van der Waals surface area contributed by atoms with Crippen LogP contribution < -0.4 is 4.52 Å². The summed E-state index contributed by atoms with van der Waals surface area (Å²) in [6, 6.07) is 27.7. The molecule has 0 aliphatic heterocycles. The molecule has 0 aliphatic carbocycles. The van der Waals surface area contributed by atoms with E-state index in [1.54, 1.807) is 12.1 Å². The number of phosphoric acid groups is 1. The van der Waals surface area contributed by atoms with Crippen molar-refractivity contribution in [2.24, 2.45) is 10.2 Å². The lowest BCUT2D eigenvalue weighted by atomic mass is 10.00. The molecular formula is C22H17N2O4P. The van der Waals surface area contributed by atoms with Crippen LogP contribution in [0, 0.1) is 0 Å². The van der Waals surface area contributed by atoms with Gasteiger partial charge in [-0.2, -0.15) is 10.2 Å². The van der Waals surface area contributed by atoms with Crippen LogP contribution >= 0.6 is 7.82 Å². The Hall–Kier alpha value is -3.31. The van der Waals surface area contributed by atoms with Gasteiger partial charge in [0, 0.05) is 5.56 Å². The van der Waals surface area contributed by atoms with Gasteiger partial charge in [-0.15, -0.1) is 0 Å². The molecule has 7 heteroatoms. The van der Waals surface area contributed by atoms with Crippen LogP contribution in [0.4, 0.5) is 11.4 Å². The molecule has 0 radical (unpaired) electrons. The number of rotatable bonds is 5. The third kappa shape index (κ3) is 4.76. The van der Waals surface area contributed by atoms with Gasteiger partial charge in [-0.05, 0) is 52.7 Å². The Morgan fingerprint density at radius 1 is 0.690 bits per heavy atom. The van der Waals surface area contributed by atoms with E-state index >= 15 is 0 Å². The number of hydrogen-bond acceptors (Lipinski definition) is 4. The van der Waals surface area contributed by atoms with Crippen molar-refractivity contribution < 1.29 is 18.9 Å². The summed E-state index contributed by atoms with van der Waals surface area (Å²) >= 11 is 0. The molecule has 0 bridgehead atoms. The van der Waals surface area contributed by atoms with Crippen LogP contribution in [0.3, 0.4) is 0 Å². The van der Waals surface area contributed by atoms with Gasteiger partial charge in [0.2, 0.25) is 0 Å². The summed E-state index contributed by atoms with van der Waals surface area (Å²) in [7, 11) is -4.72. The summed E-state index contributed by atoms with van der Waals surface area (Å²) in [5.41, 5.74) is 2.51. The predicted molar refractivity (Wildman–Crippen MR) is 113 cm³/mol. The zero-order valence-corrected chi connectivity index (χ0v) is 16.1. The first-order valence-electron chi connectivity index (χ1n) is 8.83. The lowest BCUT2D eigenvalue weighted by molar-refractivity contribution is 0.283. The smallest absolute Gasteiger partial charge is 0.404 e. The molecule has 6 nitrogen and oxygen atoms in total. The molecule has 0 spiro atoms. The quantitative estimate of drug-likeness (QED) is 0.298. The number of benzene rings is 4. The molecule has 0 atom stereocenters. The Labute approximate surface area is 167 Å². The van der Waals surface area contributed by atoms with Gasteiger partial charge >= 0.3 is 7.82 Å². The first kappa shape index (κ1) is 19.0. The molecule has 0 amide bonds. The second kappa shape index (κ2) is 7.97. The van der Waals surface area contributed by atoms with Crippen molar-refractivity contribution in [3.8, 4) is 16.9 Å². The fraction of sp³-hybridized carbons (Fsp3) is 0. The second-order valence-electron chi connectivity index (χ2n) is 6.36. The van der Waals surface area contributed by atoms with Crippen LogP contribution in [0.15, 0.2) is 101 Å². The van der Waals surface area contributed by atoms with Crippen LogP contribution in [0.5, 0.6) is 5.75 Å². The lowest BCUT2D eigenvalue weighted by Gasteiger charge is -2.13. The molecule has 2 N–H and O–H groups in total. The highest BCUT2D eigenvalue weighted by Crippen LogP contribution is 2.44. The van der Waals surface area contributed by atoms with Crippen molar-refractivity contribution in [1.82, 2.24) is 0 Å². The molecule has 4 rings (SSSR count).